The molecule has 0 atom stereocenters. The van der Waals surface area contributed by atoms with E-state index in [-0.39, 0.29) is 5.57 Å². The number of hydrogen-bond donors (Lipinski definition) is 1. The Morgan fingerprint density at radius 2 is 2.18 bits per heavy atom. The SMILES string of the molecule is N#C/C(=C\c1cnc2ccccc2c1)C(N)=O. The first-order valence-electron chi connectivity index (χ1n) is 4.97. The maximum Gasteiger partial charge on any atom is 0.259 e. The summed E-state index contributed by atoms with van der Waals surface area (Å²) in [5.41, 5.74) is 6.52. The Morgan fingerprint density at radius 1 is 1.41 bits per heavy atom. The fourth-order valence-corrected chi connectivity index (χ4v) is 1.49. The van der Waals surface area contributed by atoms with Gasteiger partial charge in [0, 0.05) is 11.6 Å². The molecule has 0 saturated heterocycles. The molecule has 2 rings (SSSR count). The number of carbonyl (C=O) groups excluding carboxylic acids is 1. The van der Waals surface area contributed by atoms with Crippen molar-refractivity contribution in [2.75, 3.05) is 0 Å². The van der Waals surface area contributed by atoms with Crippen LogP contribution in [0, 0.1) is 11.3 Å². The summed E-state index contributed by atoms with van der Waals surface area (Å²) in [5, 5.41) is 9.68. The van der Waals surface area contributed by atoms with Crippen molar-refractivity contribution in [3.8, 4) is 6.07 Å². The number of primary amides is 1. The molecular weight excluding hydrogens is 214 g/mol. The van der Waals surface area contributed by atoms with Crippen LogP contribution in [0.15, 0.2) is 42.1 Å². The molecule has 0 fully saturated rings. The molecule has 0 aliphatic carbocycles. The largest absolute Gasteiger partial charge is 0.365 e. The maximum absolute atomic E-state index is 10.9. The molecule has 1 aromatic heterocycles. The second-order valence-corrected chi connectivity index (χ2v) is 3.50. The van der Waals surface area contributed by atoms with Crippen molar-refractivity contribution in [1.82, 2.24) is 4.98 Å². The molecule has 1 amide bonds. The van der Waals surface area contributed by atoms with E-state index < -0.39 is 5.91 Å². The van der Waals surface area contributed by atoms with Crippen molar-refractivity contribution in [3.05, 3.63) is 47.7 Å². The van der Waals surface area contributed by atoms with E-state index in [9.17, 15) is 4.79 Å². The van der Waals surface area contributed by atoms with Crippen molar-refractivity contribution in [2.24, 2.45) is 5.73 Å². The van der Waals surface area contributed by atoms with Crippen LogP contribution in [0.25, 0.3) is 17.0 Å². The third-order valence-corrected chi connectivity index (χ3v) is 2.31. The van der Waals surface area contributed by atoms with Crippen molar-refractivity contribution < 1.29 is 4.79 Å². The van der Waals surface area contributed by atoms with Crippen molar-refractivity contribution in [2.45, 2.75) is 0 Å². The van der Waals surface area contributed by atoms with E-state index in [1.807, 2.05) is 30.3 Å². The molecule has 2 N–H and O–H groups in total. The summed E-state index contributed by atoms with van der Waals surface area (Å²) in [6.45, 7) is 0. The number of nitrogens with zero attached hydrogens (tertiary/aromatic N) is 2. The zero-order valence-electron chi connectivity index (χ0n) is 8.92. The highest BCUT2D eigenvalue weighted by Crippen LogP contribution is 2.14. The van der Waals surface area contributed by atoms with Crippen LogP contribution in [0.2, 0.25) is 0 Å². The minimum atomic E-state index is -0.736. The number of nitrogens with two attached hydrogens (primary N) is 1. The van der Waals surface area contributed by atoms with Gasteiger partial charge in [-0.15, -0.1) is 0 Å². The lowest BCUT2D eigenvalue weighted by atomic mass is 10.1. The van der Waals surface area contributed by atoms with Crippen molar-refractivity contribution in [1.29, 1.82) is 5.26 Å². The molecule has 1 heterocycles. The normalized spacial score (nSPS) is 11.1. The van der Waals surface area contributed by atoms with Crippen LogP contribution in [0.5, 0.6) is 0 Å². The van der Waals surface area contributed by atoms with Gasteiger partial charge in [0.2, 0.25) is 0 Å². The predicted octanol–water partition coefficient (Wildman–Crippen LogP) is 1.63. The Kier molecular flexibility index (Phi) is 2.84. The monoisotopic (exact) mass is 223 g/mol. The zero-order chi connectivity index (χ0) is 12.3. The Hall–Kier alpha value is -2.67. The van der Waals surface area contributed by atoms with Crippen LogP contribution in [-0.4, -0.2) is 10.9 Å². The highest BCUT2D eigenvalue weighted by Gasteiger charge is 2.03. The number of rotatable bonds is 2. The van der Waals surface area contributed by atoms with E-state index in [1.165, 1.54) is 6.08 Å². The lowest BCUT2D eigenvalue weighted by molar-refractivity contribution is -0.114. The van der Waals surface area contributed by atoms with E-state index in [2.05, 4.69) is 4.98 Å². The molecule has 0 unspecified atom stereocenters. The fraction of sp³-hybridized carbons (Fsp3) is 0. The molecule has 0 aliphatic heterocycles. The number of aromatic nitrogens is 1. The summed E-state index contributed by atoms with van der Waals surface area (Å²) < 4.78 is 0. The molecule has 0 radical (unpaired) electrons. The number of carbonyl (C=O) groups is 1. The van der Waals surface area contributed by atoms with Gasteiger partial charge in [-0.2, -0.15) is 5.26 Å². The van der Waals surface area contributed by atoms with Gasteiger partial charge in [-0.1, -0.05) is 18.2 Å². The van der Waals surface area contributed by atoms with E-state index in [1.54, 1.807) is 12.3 Å². The van der Waals surface area contributed by atoms with Crippen LogP contribution < -0.4 is 5.73 Å². The van der Waals surface area contributed by atoms with Crippen molar-refractivity contribution in [3.63, 3.8) is 0 Å². The number of benzene rings is 1. The third-order valence-electron chi connectivity index (χ3n) is 2.31. The highest BCUT2D eigenvalue weighted by atomic mass is 16.1. The highest BCUT2D eigenvalue weighted by molar-refractivity contribution is 6.00. The van der Waals surface area contributed by atoms with Gasteiger partial charge in [0.25, 0.3) is 5.91 Å². The first-order chi connectivity index (χ1) is 8.20. The van der Waals surface area contributed by atoms with Gasteiger partial charge in [0.05, 0.1) is 5.52 Å². The molecule has 0 saturated carbocycles. The average Bonchev–Trinajstić information content (AvgIpc) is 2.35. The van der Waals surface area contributed by atoms with Gasteiger partial charge in [-0.3, -0.25) is 9.78 Å². The molecule has 0 spiro atoms. The first kappa shape index (κ1) is 10.8. The van der Waals surface area contributed by atoms with Crippen LogP contribution in [0.4, 0.5) is 0 Å². The lowest BCUT2D eigenvalue weighted by Gasteiger charge is -1.98. The minimum absolute atomic E-state index is 0.0814. The minimum Gasteiger partial charge on any atom is -0.365 e. The molecular formula is C13H9N3O. The quantitative estimate of drug-likeness (QED) is 0.620. The summed E-state index contributed by atoms with van der Waals surface area (Å²) in [6.07, 6.45) is 3.03. The molecule has 82 valence electrons. The second-order valence-electron chi connectivity index (χ2n) is 3.50. The smallest absolute Gasteiger partial charge is 0.259 e. The van der Waals surface area contributed by atoms with Gasteiger partial charge < -0.3 is 5.73 Å². The molecule has 4 nitrogen and oxygen atoms in total. The van der Waals surface area contributed by atoms with Gasteiger partial charge >= 0.3 is 0 Å². The summed E-state index contributed by atoms with van der Waals surface area (Å²) in [6, 6.07) is 11.2. The van der Waals surface area contributed by atoms with E-state index in [4.69, 9.17) is 11.0 Å². The average molecular weight is 223 g/mol. The molecule has 17 heavy (non-hydrogen) atoms. The second kappa shape index (κ2) is 4.45. The molecule has 1 aromatic carbocycles. The van der Waals surface area contributed by atoms with Crippen LogP contribution in [0.1, 0.15) is 5.56 Å². The Bertz CT molecular complexity index is 653. The summed E-state index contributed by atoms with van der Waals surface area (Å²) in [5.74, 6) is -0.736. The van der Waals surface area contributed by atoms with Crippen LogP contribution in [-0.2, 0) is 4.79 Å². The van der Waals surface area contributed by atoms with Crippen LogP contribution in [0.3, 0.4) is 0 Å². The third kappa shape index (κ3) is 2.29. The Labute approximate surface area is 98.0 Å². The van der Waals surface area contributed by atoms with E-state index in [0.717, 1.165) is 10.9 Å². The van der Waals surface area contributed by atoms with Crippen molar-refractivity contribution >= 4 is 22.9 Å². The number of amides is 1. The first-order valence-corrected chi connectivity index (χ1v) is 4.97. The molecule has 0 bridgehead atoms. The van der Waals surface area contributed by atoms with Gasteiger partial charge in [-0.05, 0) is 23.8 Å². The standard InChI is InChI=1S/C13H9N3O/c14-7-11(13(15)17)6-9-5-10-3-1-2-4-12(10)16-8-9/h1-6,8H,(H2,15,17)/b11-6+. The summed E-state index contributed by atoms with van der Waals surface area (Å²) in [7, 11) is 0. The van der Waals surface area contributed by atoms with Crippen LogP contribution >= 0.6 is 0 Å². The lowest BCUT2D eigenvalue weighted by Crippen LogP contribution is -2.12. The predicted molar refractivity (Wildman–Crippen MR) is 64.5 cm³/mol. The number of nitriles is 1. The molecule has 2 aromatic rings. The fourth-order valence-electron chi connectivity index (χ4n) is 1.49. The number of para-hydroxylation sites is 1. The number of fused-ring (bicyclic) bond motifs is 1. The molecule has 4 heteroatoms. The van der Waals surface area contributed by atoms with E-state index in [0.29, 0.717) is 5.56 Å². The summed E-state index contributed by atoms with van der Waals surface area (Å²) in [4.78, 5) is 15.1. The Morgan fingerprint density at radius 3 is 2.88 bits per heavy atom. The van der Waals surface area contributed by atoms with E-state index >= 15 is 0 Å². The summed E-state index contributed by atoms with van der Waals surface area (Å²) >= 11 is 0. The number of pyridine rings is 1. The Balaban J connectivity index is 2.51. The maximum atomic E-state index is 10.9. The topological polar surface area (TPSA) is 79.8 Å². The van der Waals surface area contributed by atoms with Gasteiger partial charge in [0.1, 0.15) is 11.6 Å². The zero-order valence-corrected chi connectivity index (χ0v) is 8.92. The van der Waals surface area contributed by atoms with Gasteiger partial charge in [0.15, 0.2) is 0 Å². The molecule has 0 aliphatic rings. The van der Waals surface area contributed by atoms with Gasteiger partial charge in [-0.25, -0.2) is 0 Å². The number of hydrogen-bond acceptors (Lipinski definition) is 3.